The van der Waals surface area contributed by atoms with Gasteiger partial charge in [-0.05, 0) is 55.4 Å². The van der Waals surface area contributed by atoms with Crippen molar-refractivity contribution in [2.45, 2.75) is 50.2 Å². The number of anilines is 1. The van der Waals surface area contributed by atoms with Crippen LogP contribution in [-0.4, -0.2) is 16.9 Å². The number of carbonyl (C=O) groups is 1. The number of hydrogen-bond donors (Lipinski definition) is 1. The van der Waals surface area contributed by atoms with E-state index in [1.165, 1.54) is 49.7 Å². The second kappa shape index (κ2) is 6.00. The second-order valence-electron chi connectivity index (χ2n) is 5.60. The van der Waals surface area contributed by atoms with Gasteiger partial charge in [0.25, 0.3) is 0 Å². The van der Waals surface area contributed by atoms with Gasteiger partial charge >= 0.3 is 0 Å². The van der Waals surface area contributed by atoms with Crippen molar-refractivity contribution in [2.75, 3.05) is 11.1 Å². The van der Waals surface area contributed by atoms with Crippen molar-refractivity contribution in [3.63, 3.8) is 0 Å². The highest BCUT2D eigenvalue weighted by molar-refractivity contribution is 8.00. The first-order valence-electron chi connectivity index (χ1n) is 7.34. The summed E-state index contributed by atoms with van der Waals surface area (Å²) >= 11 is 1.82. The molecule has 2 aliphatic carbocycles. The molecule has 3 rings (SSSR count). The third-order valence-electron chi connectivity index (χ3n) is 4.13. The molecule has 1 aromatic carbocycles. The van der Waals surface area contributed by atoms with Crippen LogP contribution >= 0.6 is 11.8 Å². The first-order chi connectivity index (χ1) is 9.31. The Morgan fingerprint density at radius 1 is 1.16 bits per heavy atom. The maximum Gasteiger partial charge on any atom is 0.234 e. The summed E-state index contributed by atoms with van der Waals surface area (Å²) in [5.41, 5.74) is 3.84. The molecule has 0 heterocycles. The average molecular weight is 275 g/mol. The van der Waals surface area contributed by atoms with E-state index in [9.17, 15) is 4.79 Å². The fourth-order valence-corrected chi connectivity index (χ4v) is 4.22. The molecule has 0 aliphatic heterocycles. The van der Waals surface area contributed by atoms with Gasteiger partial charge in [-0.25, -0.2) is 0 Å². The van der Waals surface area contributed by atoms with Gasteiger partial charge in [0, 0.05) is 10.9 Å². The van der Waals surface area contributed by atoms with Crippen LogP contribution in [0.25, 0.3) is 0 Å². The average Bonchev–Trinajstić information content (AvgIpc) is 3.07. The van der Waals surface area contributed by atoms with Crippen molar-refractivity contribution in [3.8, 4) is 0 Å². The normalized spacial score (nSPS) is 18.5. The van der Waals surface area contributed by atoms with E-state index in [4.69, 9.17) is 0 Å². The van der Waals surface area contributed by atoms with E-state index in [2.05, 4.69) is 17.4 Å². The smallest absolute Gasteiger partial charge is 0.234 e. The maximum absolute atomic E-state index is 11.9. The maximum atomic E-state index is 11.9. The molecule has 1 amide bonds. The van der Waals surface area contributed by atoms with Gasteiger partial charge in [0.05, 0.1) is 5.75 Å². The predicted octanol–water partition coefficient (Wildman–Crippen LogP) is 3.79. The first kappa shape index (κ1) is 13.0. The van der Waals surface area contributed by atoms with Crippen LogP contribution in [0.2, 0.25) is 0 Å². The standard InChI is InChI=1S/C16H21NOS/c18-16(11-19-15-6-1-2-7-15)17-14-9-8-12-4-3-5-13(12)10-14/h8-10,15H,1-7,11H2,(H,17,18). The van der Waals surface area contributed by atoms with Gasteiger partial charge in [0.15, 0.2) is 0 Å². The highest BCUT2D eigenvalue weighted by atomic mass is 32.2. The van der Waals surface area contributed by atoms with Gasteiger partial charge in [-0.15, -0.1) is 11.8 Å². The summed E-state index contributed by atoms with van der Waals surface area (Å²) in [5, 5.41) is 3.75. The highest BCUT2D eigenvalue weighted by Gasteiger charge is 2.17. The molecule has 3 heteroatoms. The molecule has 1 N–H and O–H groups in total. The van der Waals surface area contributed by atoms with Crippen molar-refractivity contribution < 1.29 is 4.79 Å². The van der Waals surface area contributed by atoms with E-state index >= 15 is 0 Å². The Labute approximate surface area is 119 Å². The van der Waals surface area contributed by atoms with E-state index in [0.29, 0.717) is 11.0 Å². The Morgan fingerprint density at radius 2 is 1.95 bits per heavy atom. The summed E-state index contributed by atoms with van der Waals surface area (Å²) in [6.07, 6.45) is 8.86. The predicted molar refractivity (Wildman–Crippen MR) is 81.8 cm³/mol. The van der Waals surface area contributed by atoms with Crippen LogP contribution < -0.4 is 5.32 Å². The number of aryl methyl sites for hydroxylation is 2. The minimum Gasteiger partial charge on any atom is -0.325 e. The number of carbonyl (C=O) groups excluding carboxylic acids is 1. The molecule has 0 atom stereocenters. The molecule has 102 valence electrons. The number of benzene rings is 1. The molecule has 0 saturated heterocycles. The van der Waals surface area contributed by atoms with Crippen LogP contribution in [-0.2, 0) is 17.6 Å². The van der Waals surface area contributed by atoms with Gasteiger partial charge in [-0.2, -0.15) is 0 Å². The van der Waals surface area contributed by atoms with Crippen molar-refractivity contribution in [2.24, 2.45) is 0 Å². The van der Waals surface area contributed by atoms with Gasteiger partial charge < -0.3 is 5.32 Å². The molecule has 0 spiro atoms. The van der Waals surface area contributed by atoms with Gasteiger partial charge in [0.2, 0.25) is 5.91 Å². The number of hydrogen-bond acceptors (Lipinski definition) is 2. The third-order valence-corrected chi connectivity index (χ3v) is 5.51. The summed E-state index contributed by atoms with van der Waals surface area (Å²) in [4.78, 5) is 11.9. The SMILES string of the molecule is O=C(CSC1CCCC1)Nc1ccc2c(c1)CCC2. The molecule has 0 aromatic heterocycles. The molecule has 1 fully saturated rings. The molecule has 2 aliphatic rings. The van der Waals surface area contributed by atoms with E-state index < -0.39 is 0 Å². The fourth-order valence-electron chi connectivity index (χ4n) is 3.10. The van der Waals surface area contributed by atoms with Crippen LogP contribution in [0.5, 0.6) is 0 Å². The van der Waals surface area contributed by atoms with Crippen LogP contribution in [0.4, 0.5) is 5.69 Å². The number of rotatable bonds is 4. The van der Waals surface area contributed by atoms with E-state index in [1.54, 1.807) is 0 Å². The van der Waals surface area contributed by atoms with Crippen molar-refractivity contribution in [3.05, 3.63) is 29.3 Å². The molecule has 0 unspecified atom stereocenters. The number of amides is 1. The molecular formula is C16H21NOS. The quantitative estimate of drug-likeness (QED) is 0.906. The zero-order valence-electron chi connectivity index (χ0n) is 11.3. The second-order valence-corrected chi connectivity index (χ2v) is 6.89. The van der Waals surface area contributed by atoms with Gasteiger partial charge in [-0.3, -0.25) is 4.79 Å². The van der Waals surface area contributed by atoms with Crippen molar-refractivity contribution in [1.29, 1.82) is 0 Å². The largest absolute Gasteiger partial charge is 0.325 e. The number of nitrogens with one attached hydrogen (secondary N) is 1. The lowest BCUT2D eigenvalue weighted by Crippen LogP contribution is -2.16. The lowest BCUT2D eigenvalue weighted by atomic mass is 10.1. The fraction of sp³-hybridized carbons (Fsp3) is 0.562. The van der Waals surface area contributed by atoms with E-state index in [0.717, 1.165) is 12.1 Å². The monoisotopic (exact) mass is 275 g/mol. The van der Waals surface area contributed by atoms with Crippen molar-refractivity contribution in [1.82, 2.24) is 0 Å². The van der Waals surface area contributed by atoms with Gasteiger partial charge in [-0.1, -0.05) is 18.9 Å². The number of fused-ring (bicyclic) bond motifs is 1. The van der Waals surface area contributed by atoms with E-state index in [1.807, 2.05) is 17.8 Å². The van der Waals surface area contributed by atoms with Crippen LogP contribution in [0.15, 0.2) is 18.2 Å². The molecule has 0 bridgehead atoms. The van der Waals surface area contributed by atoms with Crippen molar-refractivity contribution >= 4 is 23.4 Å². The molecule has 0 radical (unpaired) electrons. The Bertz CT molecular complexity index is 466. The molecule has 2 nitrogen and oxygen atoms in total. The molecule has 1 saturated carbocycles. The summed E-state index contributed by atoms with van der Waals surface area (Å²) in [6, 6.07) is 6.37. The van der Waals surface area contributed by atoms with Crippen LogP contribution in [0, 0.1) is 0 Å². The molecule has 19 heavy (non-hydrogen) atoms. The summed E-state index contributed by atoms with van der Waals surface area (Å²) in [7, 11) is 0. The lowest BCUT2D eigenvalue weighted by molar-refractivity contribution is -0.113. The number of thioether (sulfide) groups is 1. The third kappa shape index (κ3) is 3.33. The minimum absolute atomic E-state index is 0.148. The summed E-state index contributed by atoms with van der Waals surface area (Å²) in [6.45, 7) is 0. The first-order valence-corrected chi connectivity index (χ1v) is 8.39. The van der Waals surface area contributed by atoms with Gasteiger partial charge in [0.1, 0.15) is 0 Å². The summed E-state index contributed by atoms with van der Waals surface area (Å²) < 4.78 is 0. The molecular weight excluding hydrogens is 254 g/mol. The van der Waals surface area contributed by atoms with E-state index in [-0.39, 0.29) is 5.91 Å². The Balaban J connectivity index is 1.51. The summed E-state index contributed by atoms with van der Waals surface area (Å²) in [5.74, 6) is 0.747. The Morgan fingerprint density at radius 3 is 2.79 bits per heavy atom. The Kier molecular flexibility index (Phi) is 4.12. The van der Waals surface area contributed by atoms with Crippen LogP contribution in [0.3, 0.4) is 0 Å². The minimum atomic E-state index is 0.148. The highest BCUT2D eigenvalue weighted by Crippen LogP contribution is 2.29. The molecule has 1 aromatic rings. The Hall–Kier alpha value is -0.960. The topological polar surface area (TPSA) is 29.1 Å². The zero-order valence-corrected chi connectivity index (χ0v) is 12.1. The zero-order chi connectivity index (χ0) is 13.1. The van der Waals surface area contributed by atoms with Crippen LogP contribution in [0.1, 0.15) is 43.2 Å². The lowest BCUT2D eigenvalue weighted by Gasteiger charge is -2.10.